The lowest BCUT2D eigenvalue weighted by Gasteiger charge is -1.89. The van der Waals surface area contributed by atoms with Crippen LogP contribution in [0.4, 0.5) is 0 Å². The van der Waals surface area contributed by atoms with Gasteiger partial charge in [-0.25, -0.2) is 0 Å². The van der Waals surface area contributed by atoms with Crippen molar-refractivity contribution in [2.45, 2.75) is 33.6 Å². The first-order valence-corrected chi connectivity index (χ1v) is 4.83. The minimum absolute atomic E-state index is 1.00. The number of rotatable bonds is 1. The Morgan fingerprint density at radius 3 is 1.54 bits per heavy atom. The average Bonchev–Trinajstić information content (AvgIpc) is 2.23. The Balaban J connectivity index is 0. The fourth-order valence-corrected chi connectivity index (χ4v) is 0.714. The van der Waals surface area contributed by atoms with Crippen LogP contribution < -0.4 is 0 Å². The highest BCUT2D eigenvalue weighted by molar-refractivity contribution is 5.13. The van der Waals surface area contributed by atoms with Crippen LogP contribution >= 0.6 is 0 Å². The van der Waals surface area contributed by atoms with Gasteiger partial charge in [0.2, 0.25) is 0 Å². The van der Waals surface area contributed by atoms with Gasteiger partial charge in [-0.15, -0.1) is 0 Å². The van der Waals surface area contributed by atoms with Crippen LogP contribution in [0.3, 0.4) is 0 Å². The largest absolute Gasteiger partial charge is 0.400 e. The van der Waals surface area contributed by atoms with Crippen molar-refractivity contribution >= 4 is 0 Å². The molecule has 0 aromatic heterocycles. The van der Waals surface area contributed by atoms with Gasteiger partial charge in [0, 0.05) is 7.11 Å². The predicted octanol–water partition coefficient (Wildman–Crippen LogP) is 3.27. The van der Waals surface area contributed by atoms with Crippen LogP contribution in [-0.4, -0.2) is 12.2 Å². The van der Waals surface area contributed by atoms with Crippen molar-refractivity contribution in [2.75, 3.05) is 7.11 Å². The van der Waals surface area contributed by atoms with Gasteiger partial charge in [0.15, 0.2) is 0 Å². The number of aliphatic hydroxyl groups is 1. The average molecular weight is 182 g/mol. The van der Waals surface area contributed by atoms with Gasteiger partial charge >= 0.3 is 0 Å². The molecule has 0 unspecified atom stereocenters. The van der Waals surface area contributed by atoms with E-state index in [9.17, 15) is 0 Å². The van der Waals surface area contributed by atoms with Crippen LogP contribution in [0, 0.1) is 0 Å². The lowest BCUT2D eigenvalue weighted by atomic mass is 10.2. The molecule has 0 amide bonds. The van der Waals surface area contributed by atoms with E-state index in [0.717, 1.165) is 13.5 Å². The second-order valence-electron chi connectivity index (χ2n) is 2.55. The molecule has 0 aliphatic heterocycles. The fraction of sp³-hybridized carbons (Fsp3) is 0.500. The van der Waals surface area contributed by atoms with Gasteiger partial charge in [0.25, 0.3) is 0 Å². The Bertz CT molecular complexity index is 158. The Morgan fingerprint density at radius 1 is 0.923 bits per heavy atom. The van der Waals surface area contributed by atoms with Crippen LogP contribution in [0.15, 0.2) is 30.3 Å². The maximum absolute atomic E-state index is 7.00. The number of aliphatic hydroxyl groups excluding tert-OH is 1. The molecule has 76 valence electrons. The summed E-state index contributed by atoms with van der Waals surface area (Å²) >= 11 is 0. The smallest absolute Gasteiger partial charge is 0.0319 e. The molecule has 0 fully saturated rings. The molecule has 1 aromatic rings. The Labute approximate surface area is 82.4 Å². The zero-order chi connectivity index (χ0) is 10.5. The molecule has 13 heavy (non-hydrogen) atoms. The number of hydrogen-bond acceptors (Lipinski definition) is 1. The summed E-state index contributed by atoms with van der Waals surface area (Å²) in [5, 5.41) is 7.00. The van der Waals surface area contributed by atoms with Gasteiger partial charge in [0.05, 0.1) is 0 Å². The van der Waals surface area contributed by atoms with E-state index in [1.54, 1.807) is 0 Å². The van der Waals surface area contributed by atoms with Crippen molar-refractivity contribution in [3.63, 3.8) is 0 Å². The molecule has 1 N–H and O–H groups in total. The summed E-state index contributed by atoms with van der Waals surface area (Å²) in [4.78, 5) is 0. The lowest BCUT2D eigenvalue weighted by molar-refractivity contribution is 0.399. The van der Waals surface area contributed by atoms with Crippen molar-refractivity contribution in [1.82, 2.24) is 0 Å². The number of aryl methyl sites for hydroxylation is 1. The van der Waals surface area contributed by atoms with Crippen molar-refractivity contribution in [2.24, 2.45) is 0 Å². The monoisotopic (exact) mass is 182 g/mol. The molecule has 1 heteroatoms. The molecule has 0 spiro atoms. The second kappa shape index (κ2) is 13.7. The molecule has 0 atom stereocenters. The molecule has 0 aliphatic carbocycles. The minimum atomic E-state index is 1.00. The molecular weight excluding hydrogens is 160 g/mol. The van der Waals surface area contributed by atoms with Crippen LogP contribution in [0.1, 0.15) is 32.8 Å². The van der Waals surface area contributed by atoms with E-state index in [1.165, 1.54) is 12.0 Å². The lowest BCUT2D eigenvalue weighted by Crippen LogP contribution is -1.73. The molecular formula is C12H22O. The predicted molar refractivity (Wildman–Crippen MR) is 59.9 cm³/mol. The number of hydrogen-bond donors (Lipinski definition) is 1. The van der Waals surface area contributed by atoms with Crippen LogP contribution in [-0.2, 0) is 6.42 Å². The highest BCUT2D eigenvalue weighted by atomic mass is 16.2. The Hall–Kier alpha value is -0.820. The molecule has 0 radical (unpaired) electrons. The van der Waals surface area contributed by atoms with Gasteiger partial charge in [-0.3, -0.25) is 0 Å². The summed E-state index contributed by atoms with van der Waals surface area (Å²) in [7, 11) is 1.00. The van der Waals surface area contributed by atoms with E-state index in [2.05, 4.69) is 45.0 Å². The maximum atomic E-state index is 7.00. The zero-order valence-electron chi connectivity index (χ0n) is 9.25. The van der Waals surface area contributed by atoms with Gasteiger partial charge in [-0.2, -0.15) is 0 Å². The first-order chi connectivity index (χ1) is 6.35. The normalized spacial score (nSPS) is 7.46. The summed E-state index contributed by atoms with van der Waals surface area (Å²) in [5.74, 6) is 0. The highest BCUT2D eigenvalue weighted by Crippen LogP contribution is 1.96. The molecule has 1 aromatic carbocycles. The third-order valence-electron chi connectivity index (χ3n) is 1.25. The standard InChI is InChI=1S/C8H10.C3H8.CH4O/c1-2-8-6-4-3-5-7-8;1-3-2;1-2/h3-7H,2H2,1H3;3H2,1-2H3;2H,1H3. The quantitative estimate of drug-likeness (QED) is 0.706. The van der Waals surface area contributed by atoms with Crippen molar-refractivity contribution in [3.8, 4) is 0 Å². The SMILES string of the molecule is CCC.CCc1ccccc1.CO. The Kier molecular flexibility index (Phi) is 15.5. The highest BCUT2D eigenvalue weighted by Gasteiger charge is 1.79. The van der Waals surface area contributed by atoms with E-state index in [4.69, 9.17) is 5.11 Å². The topological polar surface area (TPSA) is 20.2 Å². The molecule has 1 rings (SSSR count). The van der Waals surface area contributed by atoms with E-state index < -0.39 is 0 Å². The molecule has 0 saturated heterocycles. The summed E-state index contributed by atoms with van der Waals surface area (Å²) < 4.78 is 0. The van der Waals surface area contributed by atoms with Gasteiger partial charge in [-0.05, 0) is 12.0 Å². The summed E-state index contributed by atoms with van der Waals surface area (Å²) in [6.07, 6.45) is 2.39. The van der Waals surface area contributed by atoms with Gasteiger partial charge in [-0.1, -0.05) is 57.5 Å². The van der Waals surface area contributed by atoms with Crippen LogP contribution in [0.25, 0.3) is 0 Å². The molecule has 0 bridgehead atoms. The van der Waals surface area contributed by atoms with Crippen molar-refractivity contribution in [3.05, 3.63) is 35.9 Å². The zero-order valence-corrected chi connectivity index (χ0v) is 9.25. The van der Waals surface area contributed by atoms with E-state index in [-0.39, 0.29) is 0 Å². The maximum Gasteiger partial charge on any atom is 0.0319 e. The molecule has 0 aliphatic rings. The molecule has 1 nitrogen and oxygen atoms in total. The minimum Gasteiger partial charge on any atom is -0.400 e. The van der Waals surface area contributed by atoms with E-state index in [0.29, 0.717) is 0 Å². The molecule has 0 saturated carbocycles. The van der Waals surface area contributed by atoms with Crippen molar-refractivity contribution < 1.29 is 5.11 Å². The number of benzene rings is 1. The summed E-state index contributed by atoms with van der Waals surface area (Å²) in [6, 6.07) is 10.5. The first-order valence-electron chi connectivity index (χ1n) is 4.83. The summed E-state index contributed by atoms with van der Waals surface area (Å²) in [5.41, 5.74) is 1.41. The second-order valence-corrected chi connectivity index (χ2v) is 2.55. The fourth-order valence-electron chi connectivity index (χ4n) is 0.714. The van der Waals surface area contributed by atoms with Crippen LogP contribution in [0.5, 0.6) is 0 Å². The van der Waals surface area contributed by atoms with Gasteiger partial charge in [0.1, 0.15) is 0 Å². The van der Waals surface area contributed by atoms with E-state index >= 15 is 0 Å². The first kappa shape index (κ1) is 14.7. The van der Waals surface area contributed by atoms with Gasteiger partial charge < -0.3 is 5.11 Å². The summed E-state index contributed by atoms with van der Waals surface area (Å²) in [6.45, 7) is 6.41. The van der Waals surface area contributed by atoms with Crippen molar-refractivity contribution in [1.29, 1.82) is 0 Å². The third kappa shape index (κ3) is 11.2. The van der Waals surface area contributed by atoms with Crippen LogP contribution in [0.2, 0.25) is 0 Å². The van der Waals surface area contributed by atoms with E-state index in [1.807, 2.05) is 6.07 Å². The Morgan fingerprint density at radius 2 is 1.31 bits per heavy atom. The third-order valence-corrected chi connectivity index (χ3v) is 1.25. The molecule has 0 heterocycles.